The molecule has 110 valence electrons. The van der Waals surface area contributed by atoms with Gasteiger partial charge in [0.2, 0.25) is 10.0 Å². The van der Waals surface area contributed by atoms with Crippen molar-refractivity contribution in [1.82, 2.24) is 4.72 Å². The fraction of sp³-hybridized carbons (Fsp3) is 0.250. The van der Waals surface area contributed by atoms with E-state index < -0.39 is 10.0 Å². The van der Waals surface area contributed by atoms with Crippen LogP contribution in [-0.4, -0.2) is 15.0 Å². The Morgan fingerprint density at radius 1 is 1.14 bits per heavy atom. The standard InChI is InChI=1S/C16H17NO3S/c1-12-6-8-13(9-7-12)11-21(18,19)17-15-10-20-16-5-3-2-4-14(15)16/h2-9,15,17H,10-11H2,1H3. The monoisotopic (exact) mass is 303 g/mol. The molecule has 0 saturated heterocycles. The van der Waals surface area contributed by atoms with Gasteiger partial charge in [-0.2, -0.15) is 0 Å². The van der Waals surface area contributed by atoms with E-state index in [2.05, 4.69) is 4.72 Å². The summed E-state index contributed by atoms with van der Waals surface area (Å²) in [4.78, 5) is 0. The van der Waals surface area contributed by atoms with Crippen molar-refractivity contribution in [3.63, 3.8) is 0 Å². The maximum absolute atomic E-state index is 12.3. The van der Waals surface area contributed by atoms with E-state index in [1.165, 1.54) is 0 Å². The van der Waals surface area contributed by atoms with E-state index in [4.69, 9.17) is 4.74 Å². The maximum atomic E-state index is 12.3. The average molecular weight is 303 g/mol. The van der Waals surface area contributed by atoms with Gasteiger partial charge in [-0.05, 0) is 18.6 Å². The van der Waals surface area contributed by atoms with Crippen molar-refractivity contribution < 1.29 is 13.2 Å². The van der Waals surface area contributed by atoms with Gasteiger partial charge in [0.25, 0.3) is 0 Å². The highest BCUT2D eigenvalue weighted by molar-refractivity contribution is 7.88. The van der Waals surface area contributed by atoms with Gasteiger partial charge in [0, 0.05) is 5.56 Å². The molecule has 0 fully saturated rings. The van der Waals surface area contributed by atoms with E-state index >= 15 is 0 Å². The van der Waals surface area contributed by atoms with Gasteiger partial charge in [-0.3, -0.25) is 0 Å². The third-order valence-electron chi connectivity index (χ3n) is 3.50. The van der Waals surface area contributed by atoms with Crippen LogP contribution in [0.1, 0.15) is 22.7 Å². The first-order chi connectivity index (χ1) is 10.0. The summed E-state index contributed by atoms with van der Waals surface area (Å²) >= 11 is 0. The fourth-order valence-electron chi connectivity index (χ4n) is 2.42. The molecule has 1 aliphatic rings. The molecule has 5 heteroatoms. The number of fused-ring (bicyclic) bond motifs is 1. The molecule has 1 unspecified atom stereocenters. The van der Waals surface area contributed by atoms with Crippen LogP contribution in [0, 0.1) is 6.92 Å². The lowest BCUT2D eigenvalue weighted by molar-refractivity contribution is 0.325. The van der Waals surface area contributed by atoms with Gasteiger partial charge in [0.05, 0.1) is 11.8 Å². The molecule has 1 N–H and O–H groups in total. The number of nitrogens with one attached hydrogen (secondary N) is 1. The Kier molecular flexibility index (Phi) is 3.69. The highest BCUT2D eigenvalue weighted by Crippen LogP contribution is 2.32. The molecule has 4 nitrogen and oxygen atoms in total. The number of para-hydroxylation sites is 1. The van der Waals surface area contributed by atoms with Crippen LogP contribution in [0.4, 0.5) is 0 Å². The zero-order valence-electron chi connectivity index (χ0n) is 11.7. The van der Waals surface area contributed by atoms with E-state index in [0.29, 0.717) is 6.61 Å². The molecule has 1 atom stereocenters. The molecule has 0 radical (unpaired) electrons. The number of sulfonamides is 1. The average Bonchev–Trinajstić information content (AvgIpc) is 2.84. The molecule has 0 aliphatic carbocycles. The van der Waals surface area contributed by atoms with E-state index in [0.717, 1.165) is 22.4 Å². The largest absolute Gasteiger partial charge is 0.491 e. The molecule has 0 saturated carbocycles. The van der Waals surface area contributed by atoms with Crippen LogP contribution in [0.5, 0.6) is 5.75 Å². The third-order valence-corrected chi connectivity index (χ3v) is 4.86. The topological polar surface area (TPSA) is 55.4 Å². The summed E-state index contributed by atoms with van der Waals surface area (Å²) in [7, 11) is -3.40. The summed E-state index contributed by atoms with van der Waals surface area (Å²) in [6, 6.07) is 14.7. The number of benzene rings is 2. The molecule has 3 rings (SSSR count). The minimum absolute atomic E-state index is 0.0219. The third kappa shape index (κ3) is 3.25. The van der Waals surface area contributed by atoms with Crippen molar-refractivity contribution in [3.05, 3.63) is 65.2 Å². The Bertz CT molecular complexity index is 738. The predicted octanol–water partition coefficient (Wildman–Crippen LogP) is 2.55. The zero-order valence-corrected chi connectivity index (χ0v) is 12.6. The lowest BCUT2D eigenvalue weighted by atomic mass is 10.1. The SMILES string of the molecule is Cc1ccc(CS(=O)(=O)NC2COc3ccccc32)cc1. The van der Waals surface area contributed by atoms with Gasteiger partial charge >= 0.3 is 0 Å². The van der Waals surface area contributed by atoms with Crippen LogP contribution >= 0.6 is 0 Å². The van der Waals surface area contributed by atoms with Gasteiger partial charge < -0.3 is 4.74 Å². The number of aryl methyl sites for hydroxylation is 1. The molecule has 0 bridgehead atoms. The first-order valence-electron chi connectivity index (χ1n) is 6.81. The van der Waals surface area contributed by atoms with Gasteiger partial charge in [-0.25, -0.2) is 13.1 Å². The Hall–Kier alpha value is -1.85. The molecule has 21 heavy (non-hydrogen) atoms. The maximum Gasteiger partial charge on any atom is 0.216 e. The van der Waals surface area contributed by atoms with E-state index in [1.54, 1.807) is 0 Å². The van der Waals surface area contributed by atoms with E-state index in [1.807, 2.05) is 55.5 Å². The van der Waals surface area contributed by atoms with Crippen LogP contribution in [-0.2, 0) is 15.8 Å². The number of ether oxygens (including phenoxy) is 1. The second-order valence-electron chi connectivity index (χ2n) is 5.26. The van der Waals surface area contributed by atoms with Crippen molar-refractivity contribution in [3.8, 4) is 5.75 Å². The summed E-state index contributed by atoms with van der Waals surface area (Å²) < 4.78 is 32.8. The summed E-state index contributed by atoms with van der Waals surface area (Å²) in [5.41, 5.74) is 2.78. The van der Waals surface area contributed by atoms with Crippen molar-refractivity contribution in [2.24, 2.45) is 0 Å². The van der Waals surface area contributed by atoms with E-state index in [9.17, 15) is 8.42 Å². The minimum Gasteiger partial charge on any atom is -0.491 e. The van der Waals surface area contributed by atoms with Crippen LogP contribution in [0.15, 0.2) is 48.5 Å². The van der Waals surface area contributed by atoms with Gasteiger partial charge in [-0.1, -0.05) is 48.0 Å². The Balaban J connectivity index is 1.74. The molecule has 0 aromatic heterocycles. The molecule has 0 amide bonds. The van der Waals surface area contributed by atoms with Gasteiger partial charge in [0.15, 0.2) is 0 Å². The summed E-state index contributed by atoms with van der Waals surface area (Å²) in [5.74, 6) is 0.729. The molecule has 1 aliphatic heterocycles. The lowest BCUT2D eigenvalue weighted by Gasteiger charge is -2.12. The first kappa shape index (κ1) is 14.1. The Labute approximate surface area is 124 Å². The normalized spacial score (nSPS) is 17.3. The Morgan fingerprint density at radius 2 is 1.86 bits per heavy atom. The van der Waals surface area contributed by atoms with Crippen LogP contribution in [0.2, 0.25) is 0 Å². The fourth-order valence-corrected chi connectivity index (χ4v) is 3.77. The number of hydrogen-bond acceptors (Lipinski definition) is 3. The minimum atomic E-state index is -3.40. The number of rotatable bonds is 4. The number of hydrogen-bond donors (Lipinski definition) is 1. The lowest BCUT2D eigenvalue weighted by Crippen LogP contribution is -2.30. The molecule has 0 spiro atoms. The summed E-state index contributed by atoms with van der Waals surface area (Å²) in [6.45, 7) is 2.32. The second-order valence-corrected chi connectivity index (χ2v) is 7.02. The van der Waals surface area contributed by atoms with Gasteiger partial charge in [0.1, 0.15) is 12.4 Å². The predicted molar refractivity (Wildman–Crippen MR) is 81.6 cm³/mol. The quantitative estimate of drug-likeness (QED) is 0.944. The van der Waals surface area contributed by atoms with Crippen LogP contribution < -0.4 is 9.46 Å². The van der Waals surface area contributed by atoms with Crippen LogP contribution in [0.25, 0.3) is 0 Å². The van der Waals surface area contributed by atoms with E-state index in [-0.39, 0.29) is 11.8 Å². The second kappa shape index (κ2) is 5.50. The molecule has 1 heterocycles. The van der Waals surface area contributed by atoms with Crippen molar-refractivity contribution in [1.29, 1.82) is 0 Å². The smallest absolute Gasteiger partial charge is 0.216 e. The highest BCUT2D eigenvalue weighted by Gasteiger charge is 2.27. The molecular formula is C16H17NO3S. The highest BCUT2D eigenvalue weighted by atomic mass is 32.2. The molecule has 2 aromatic rings. The summed E-state index contributed by atoms with van der Waals surface area (Å²) in [5, 5.41) is 0. The van der Waals surface area contributed by atoms with Crippen molar-refractivity contribution >= 4 is 10.0 Å². The van der Waals surface area contributed by atoms with Gasteiger partial charge in [-0.15, -0.1) is 0 Å². The molecule has 2 aromatic carbocycles. The van der Waals surface area contributed by atoms with Crippen molar-refractivity contribution in [2.75, 3.05) is 6.61 Å². The first-order valence-corrected chi connectivity index (χ1v) is 8.46. The zero-order chi connectivity index (χ0) is 14.9. The Morgan fingerprint density at radius 3 is 2.62 bits per heavy atom. The molecular weight excluding hydrogens is 286 g/mol. The van der Waals surface area contributed by atoms with Crippen LogP contribution in [0.3, 0.4) is 0 Å². The van der Waals surface area contributed by atoms with Crippen molar-refractivity contribution in [2.45, 2.75) is 18.7 Å². The summed E-state index contributed by atoms with van der Waals surface area (Å²) in [6.07, 6.45) is 0.